The fraction of sp³-hybridized carbons (Fsp3) is 0.500. The molecule has 0 radical (unpaired) electrons. The summed E-state index contributed by atoms with van der Waals surface area (Å²) in [6.07, 6.45) is 2.06. The van der Waals surface area contributed by atoms with Crippen LogP contribution in [0.3, 0.4) is 0 Å². The number of carbonyl (C=O) groups is 2. The summed E-state index contributed by atoms with van der Waals surface area (Å²) in [5.74, 6) is -1.59. The van der Waals surface area contributed by atoms with Gasteiger partial charge in [0, 0.05) is 5.69 Å². The predicted molar refractivity (Wildman–Crippen MR) is 77.6 cm³/mol. The smallest absolute Gasteiger partial charge is 0.307 e. The van der Waals surface area contributed by atoms with Crippen molar-refractivity contribution in [2.24, 2.45) is 11.8 Å². The number of anilines is 1. The van der Waals surface area contributed by atoms with E-state index in [9.17, 15) is 9.59 Å². The van der Waals surface area contributed by atoms with E-state index in [0.29, 0.717) is 18.8 Å². The van der Waals surface area contributed by atoms with Crippen LogP contribution >= 0.6 is 0 Å². The molecular weight excluding hydrogens is 254 g/mol. The molecule has 0 saturated heterocycles. The first-order chi connectivity index (χ1) is 9.49. The highest BCUT2D eigenvalue weighted by atomic mass is 16.4. The average molecular weight is 275 g/mol. The van der Waals surface area contributed by atoms with Gasteiger partial charge in [0.15, 0.2) is 0 Å². The summed E-state index contributed by atoms with van der Waals surface area (Å²) < 4.78 is 0. The lowest BCUT2D eigenvalue weighted by Gasteiger charge is -2.16. The summed E-state index contributed by atoms with van der Waals surface area (Å²) in [6.45, 7) is 4.19. The highest BCUT2D eigenvalue weighted by molar-refractivity contribution is 5.95. The molecule has 0 unspecified atom stereocenters. The molecule has 0 aromatic heterocycles. The third kappa shape index (κ3) is 3.18. The number of rotatable bonds is 4. The third-order valence-electron chi connectivity index (χ3n) is 3.99. The second-order valence-electron chi connectivity index (χ2n) is 5.75. The summed E-state index contributed by atoms with van der Waals surface area (Å²) in [5, 5.41) is 12.0. The van der Waals surface area contributed by atoms with Gasteiger partial charge in [0.2, 0.25) is 5.91 Å². The summed E-state index contributed by atoms with van der Waals surface area (Å²) in [4.78, 5) is 23.4. The van der Waals surface area contributed by atoms with Crippen molar-refractivity contribution >= 4 is 17.6 Å². The number of carbonyl (C=O) groups excluding carboxylic acids is 1. The topological polar surface area (TPSA) is 66.4 Å². The van der Waals surface area contributed by atoms with Gasteiger partial charge in [-0.05, 0) is 36.5 Å². The van der Waals surface area contributed by atoms with Crippen molar-refractivity contribution in [2.45, 2.75) is 39.0 Å². The van der Waals surface area contributed by atoms with Crippen molar-refractivity contribution in [1.82, 2.24) is 0 Å². The minimum absolute atomic E-state index is 0.171. The van der Waals surface area contributed by atoms with E-state index in [0.717, 1.165) is 17.7 Å². The number of carboxylic acid groups (broad SMARTS) is 1. The Bertz CT molecular complexity index is 510. The van der Waals surface area contributed by atoms with Gasteiger partial charge in [-0.1, -0.05) is 32.4 Å². The first kappa shape index (κ1) is 14.6. The summed E-state index contributed by atoms with van der Waals surface area (Å²) in [5.41, 5.74) is 1.90. The summed E-state index contributed by atoms with van der Waals surface area (Å²) in [6, 6.07) is 7.73. The molecule has 4 heteroatoms. The lowest BCUT2D eigenvalue weighted by atomic mass is 9.95. The van der Waals surface area contributed by atoms with Crippen molar-refractivity contribution in [2.75, 3.05) is 5.32 Å². The molecule has 0 bridgehead atoms. The van der Waals surface area contributed by atoms with E-state index in [2.05, 4.69) is 19.2 Å². The normalized spacial score (nSPS) is 21.9. The van der Waals surface area contributed by atoms with Crippen molar-refractivity contribution in [1.29, 1.82) is 0 Å². The molecule has 2 atom stereocenters. The van der Waals surface area contributed by atoms with Gasteiger partial charge in [0.1, 0.15) is 0 Å². The Morgan fingerprint density at radius 3 is 2.60 bits per heavy atom. The van der Waals surface area contributed by atoms with Crippen LogP contribution in [0.5, 0.6) is 0 Å². The minimum atomic E-state index is -0.862. The Labute approximate surface area is 119 Å². The van der Waals surface area contributed by atoms with Crippen molar-refractivity contribution < 1.29 is 14.7 Å². The van der Waals surface area contributed by atoms with Crippen LogP contribution in [0.2, 0.25) is 0 Å². The first-order valence-corrected chi connectivity index (χ1v) is 7.12. The second-order valence-corrected chi connectivity index (χ2v) is 5.75. The monoisotopic (exact) mass is 275 g/mol. The molecule has 20 heavy (non-hydrogen) atoms. The number of carboxylic acids is 1. The van der Waals surface area contributed by atoms with Crippen LogP contribution in [0.4, 0.5) is 5.69 Å². The molecule has 0 aliphatic heterocycles. The summed E-state index contributed by atoms with van der Waals surface area (Å²) >= 11 is 0. The van der Waals surface area contributed by atoms with Gasteiger partial charge in [-0.15, -0.1) is 0 Å². The van der Waals surface area contributed by atoms with Crippen LogP contribution < -0.4 is 5.32 Å². The fourth-order valence-electron chi connectivity index (χ4n) is 2.78. The fourth-order valence-corrected chi connectivity index (χ4v) is 2.78. The predicted octanol–water partition coefficient (Wildman–Crippen LogP) is 3.25. The Hall–Kier alpha value is -1.84. The average Bonchev–Trinajstić information content (AvgIpc) is 2.88. The van der Waals surface area contributed by atoms with Crippen LogP contribution in [0.25, 0.3) is 0 Å². The van der Waals surface area contributed by atoms with E-state index < -0.39 is 17.8 Å². The van der Waals surface area contributed by atoms with Gasteiger partial charge in [0.05, 0.1) is 11.8 Å². The molecule has 108 valence electrons. The van der Waals surface area contributed by atoms with E-state index in [-0.39, 0.29) is 5.91 Å². The molecule has 4 nitrogen and oxygen atoms in total. The van der Waals surface area contributed by atoms with Crippen LogP contribution in [0.1, 0.15) is 44.6 Å². The SMILES string of the molecule is CC(C)c1cccc(NC(=O)[C@@H]2CCC[C@@H]2C(=O)O)c1. The van der Waals surface area contributed by atoms with Crippen LogP contribution in [0, 0.1) is 11.8 Å². The zero-order valence-electron chi connectivity index (χ0n) is 11.9. The van der Waals surface area contributed by atoms with Gasteiger partial charge in [0.25, 0.3) is 0 Å². The van der Waals surface area contributed by atoms with Crippen LogP contribution in [0.15, 0.2) is 24.3 Å². The molecule has 1 aromatic rings. The van der Waals surface area contributed by atoms with E-state index in [4.69, 9.17) is 5.11 Å². The van der Waals surface area contributed by atoms with Gasteiger partial charge in [-0.25, -0.2) is 0 Å². The molecule has 2 N–H and O–H groups in total. The molecule has 1 saturated carbocycles. The second kappa shape index (κ2) is 6.07. The molecule has 1 fully saturated rings. The zero-order chi connectivity index (χ0) is 14.7. The van der Waals surface area contributed by atoms with Crippen molar-refractivity contribution in [3.8, 4) is 0 Å². The van der Waals surface area contributed by atoms with Crippen molar-refractivity contribution in [3.05, 3.63) is 29.8 Å². The maximum absolute atomic E-state index is 12.2. The Morgan fingerprint density at radius 2 is 1.95 bits per heavy atom. The number of nitrogens with one attached hydrogen (secondary N) is 1. The molecule has 2 rings (SSSR count). The molecule has 1 aliphatic carbocycles. The lowest BCUT2D eigenvalue weighted by Crippen LogP contribution is -2.30. The number of amides is 1. The van der Waals surface area contributed by atoms with Gasteiger partial charge in [-0.3, -0.25) is 9.59 Å². The highest BCUT2D eigenvalue weighted by Gasteiger charge is 2.37. The van der Waals surface area contributed by atoms with Crippen molar-refractivity contribution in [3.63, 3.8) is 0 Å². The van der Waals surface area contributed by atoms with Crippen LogP contribution in [-0.4, -0.2) is 17.0 Å². The Kier molecular flexibility index (Phi) is 4.42. The van der Waals surface area contributed by atoms with Crippen LogP contribution in [-0.2, 0) is 9.59 Å². The molecule has 1 amide bonds. The first-order valence-electron chi connectivity index (χ1n) is 7.12. The molecule has 1 aliphatic rings. The molecule has 0 spiro atoms. The zero-order valence-corrected chi connectivity index (χ0v) is 11.9. The van der Waals surface area contributed by atoms with E-state index in [1.165, 1.54) is 0 Å². The Morgan fingerprint density at radius 1 is 1.25 bits per heavy atom. The van der Waals surface area contributed by atoms with E-state index in [1.807, 2.05) is 24.3 Å². The quantitative estimate of drug-likeness (QED) is 0.886. The summed E-state index contributed by atoms with van der Waals surface area (Å²) in [7, 11) is 0. The Balaban J connectivity index is 2.08. The number of benzene rings is 1. The van der Waals surface area contributed by atoms with E-state index >= 15 is 0 Å². The minimum Gasteiger partial charge on any atom is -0.481 e. The third-order valence-corrected chi connectivity index (χ3v) is 3.99. The number of hydrogen-bond donors (Lipinski definition) is 2. The maximum Gasteiger partial charge on any atom is 0.307 e. The maximum atomic E-state index is 12.2. The molecule has 0 heterocycles. The van der Waals surface area contributed by atoms with E-state index in [1.54, 1.807) is 0 Å². The molecule has 1 aromatic carbocycles. The van der Waals surface area contributed by atoms with Gasteiger partial charge in [-0.2, -0.15) is 0 Å². The molecular formula is C16H21NO3. The standard InChI is InChI=1S/C16H21NO3/c1-10(2)11-5-3-6-12(9-11)17-15(18)13-7-4-8-14(13)16(19)20/h3,5-6,9-10,13-14H,4,7-8H2,1-2H3,(H,17,18)(H,19,20)/t13-,14+/m1/s1. The van der Waals surface area contributed by atoms with Gasteiger partial charge < -0.3 is 10.4 Å². The lowest BCUT2D eigenvalue weighted by molar-refractivity contribution is -0.145. The number of hydrogen-bond acceptors (Lipinski definition) is 2. The largest absolute Gasteiger partial charge is 0.481 e. The number of aliphatic carboxylic acids is 1. The highest BCUT2D eigenvalue weighted by Crippen LogP contribution is 2.33. The van der Waals surface area contributed by atoms with Gasteiger partial charge >= 0.3 is 5.97 Å².